The molecule has 0 radical (unpaired) electrons. The fourth-order valence-corrected chi connectivity index (χ4v) is 4.96. The van der Waals surface area contributed by atoms with Crippen LogP contribution >= 0.6 is 0 Å². The van der Waals surface area contributed by atoms with E-state index < -0.39 is 6.17 Å². The van der Waals surface area contributed by atoms with E-state index in [-0.39, 0.29) is 0 Å². The first-order valence-electron chi connectivity index (χ1n) is 9.24. The summed E-state index contributed by atoms with van der Waals surface area (Å²) in [5.74, 6) is 4.53. The average Bonchev–Trinajstić information content (AvgIpc) is 2.42. The molecule has 0 spiro atoms. The van der Waals surface area contributed by atoms with Crippen molar-refractivity contribution >= 4 is 0 Å². The van der Waals surface area contributed by atoms with E-state index in [9.17, 15) is 4.39 Å². The molecule has 2 rings (SSSR count). The van der Waals surface area contributed by atoms with Crippen LogP contribution in [-0.4, -0.2) is 6.17 Å². The van der Waals surface area contributed by atoms with Crippen LogP contribution < -0.4 is 0 Å². The second kappa shape index (κ2) is 7.80. The van der Waals surface area contributed by atoms with Gasteiger partial charge >= 0.3 is 0 Å². The summed E-state index contributed by atoms with van der Waals surface area (Å²) in [5.41, 5.74) is 0. The third-order valence-corrected chi connectivity index (χ3v) is 6.24. The molecule has 0 bridgehead atoms. The van der Waals surface area contributed by atoms with Gasteiger partial charge < -0.3 is 0 Å². The lowest BCUT2D eigenvalue weighted by molar-refractivity contribution is 0.0914. The topological polar surface area (TPSA) is 0 Å². The minimum absolute atomic E-state index is 0.491. The van der Waals surface area contributed by atoms with Gasteiger partial charge in [0.25, 0.3) is 0 Å². The maximum Gasteiger partial charge on any atom is 0.100 e. The molecule has 2 aliphatic rings. The Morgan fingerprint density at radius 2 is 1.65 bits per heavy atom. The van der Waals surface area contributed by atoms with Crippen molar-refractivity contribution < 1.29 is 4.39 Å². The summed E-state index contributed by atoms with van der Waals surface area (Å²) in [5, 5.41) is 0. The molecule has 20 heavy (non-hydrogen) atoms. The molecule has 0 nitrogen and oxygen atoms in total. The van der Waals surface area contributed by atoms with Crippen molar-refractivity contribution in [3.63, 3.8) is 0 Å². The Balaban J connectivity index is 1.77. The molecule has 4 unspecified atom stereocenters. The van der Waals surface area contributed by atoms with Gasteiger partial charge in [-0.25, -0.2) is 4.39 Å². The van der Waals surface area contributed by atoms with Gasteiger partial charge in [-0.2, -0.15) is 0 Å². The van der Waals surface area contributed by atoms with Crippen LogP contribution in [0.5, 0.6) is 0 Å². The second-order valence-corrected chi connectivity index (χ2v) is 7.95. The molecule has 0 aromatic heterocycles. The van der Waals surface area contributed by atoms with Crippen molar-refractivity contribution in [3.05, 3.63) is 0 Å². The molecule has 0 heterocycles. The van der Waals surface area contributed by atoms with E-state index in [2.05, 4.69) is 20.8 Å². The van der Waals surface area contributed by atoms with Crippen LogP contribution in [0.25, 0.3) is 0 Å². The van der Waals surface area contributed by atoms with Crippen molar-refractivity contribution in [2.24, 2.45) is 29.6 Å². The number of hydrogen-bond donors (Lipinski definition) is 0. The molecule has 0 amide bonds. The number of halogens is 1. The van der Waals surface area contributed by atoms with Crippen molar-refractivity contribution in [1.29, 1.82) is 0 Å². The highest BCUT2D eigenvalue weighted by Crippen LogP contribution is 2.44. The predicted octanol–water partition coefficient (Wildman–Crippen LogP) is 6.39. The second-order valence-electron chi connectivity index (χ2n) is 7.95. The molecule has 0 aromatic rings. The highest BCUT2D eigenvalue weighted by Gasteiger charge is 2.34. The quantitative estimate of drug-likeness (QED) is 0.548. The third kappa shape index (κ3) is 4.46. The van der Waals surface area contributed by atoms with Gasteiger partial charge in [0.15, 0.2) is 0 Å². The SMILES string of the molecule is CCCC(C)CC1CCC(C2CCC(F)CC2)CC1C. The maximum absolute atomic E-state index is 13.3. The summed E-state index contributed by atoms with van der Waals surface area (Å²) in [6, 6.07) is 0. The summed E-state index contributed by atoms with van der Waals surface area (Å²) < 4.78 is 13.3. The van der Waals surface area contributed by atoms with Crippen LogP contribution in [0.3, 0.4) is 0 Å². The molecular weight excluding hydrogens is 247 g/mol. The first-order chi connectivity index (χ1) is 9.60. The molecule has 2 saturated carbocycles. The zero-order chi connectivity index (χ0) is 14.5. The number of alkyl halides is 1. The van der Waals surface area contributed by atoms with Gasteiger partial charge in [-0.05, 0) is 81.0 Å². The molecule has 2 aliphatic carbocycles. The van der Waals surface area contributed by atoms with E-state index in [0.717, 1.165) is 55.3 Å². The van der Waals surface area contributed by atoms with Crippen molar-refractivity contribution in [2.75, 3.05) is 0 Å². The van der Waals surface area contributed by atoms with Gasteiger partial charge in [-0.3, -0.25) is 0 Å². The van der Waals surface area contributed by atoms with E-state index in [4.69, 9.17) is 0 Å². The highest BCUT2D eigenvalue weighted by atomic mass is 19.1. The predicted molar refractivity (Wildman–Crippen MR) is 85.5 cm³/mol. The Hall–Kier alpha value is -0.0700. The van der Waals surface area contributed by atoms with Crippen LogP contribution in [0.1, 0.15) is 85.0 Å². The van der Waals surface area contributed by atoms with E-state index in [1.54, 1.807) is 0 Å². The summed E-state index contributed by atoms with van der Waals surface area (Å²) in [6.45, 7) is 7.22. The minimum atomic E-state index is -0.491. The van der Waals surface area contributed by atoms with Crippen molar-refractivity contribution in [1.82, 2.24) is 0 Å². The first kappa shape index (κ1) is 16.3. The summed E-state index contributed by atoms with van der Waals surface area (Å²) >= 11 is 0. The Kier molecular flexibility index (Phi) is 6.36. The zero-order valence-electron chi connectivity index (χ0n) is 13.9. The van der Waals surface area contributed by atoms with Gasteiger partial charge in [-0.15, -0.1) is 0 Å². The van der Waals surface area contributed by atoms with Crippen molar-refractivity contribution in [2.45, 2.75) is 91.2 Å². The number of hydrogen-bond acceptors (Lipinski definition) is 0. The lowest BCUT2D eigenvalue weighted by atomic mass is 9.65. The van der Waals surface area contributed by atoms with E-state index in [0.29, 0.717) is 0 Å². The van der Waals surface area contributed by atoms with Crippen LogP contribution in [0, 0.1) is 29.6 Å². The maximum atomic E-state index is 13.3. The third-order valence-electron chi connectivity index (χ3n) is 6.24. The molecule has 0 N–H and O–H groups in total. The summed E-state index contributed by atoms with van der Waals surface area (Å²) in [7, 11) is 0. The zero-order valence-corrected chi connectivity index (χ0v) is 13.9. The largest absolute Gasteiger partial charge is 0.247 e. The van der Waals surface area contributed by atoms with E-state index in [1.165, 1.54) is 38.5 Å². The molecular formula is C19H35F. The monoisotopic (exact) mass is 282 g/mol. The van der Waals surface area contributed by atoms with E-state index >= 15 is 0 Å². The average molecular weight is 282 g/mol. The smallest absolute Gasteiger partial charge is 0.100 e. The lowest BCUT2D eigenvalue weighted by Gasteiger charge is -2.40. The van der Waals surface area contributed by atoms with Gasteiger partial charge in [0.1, 0.15) is 6.17 Å². The molecule has 0 aliphatic heterocycles. The Morgan fingerprint density at radius 1 is 1.00 bits per heavy atom. The summed E-state index contributed by atoms with van der Waals surface area (Å²) in [4.78, 5) is 0. The Labute approximate surface area is 125 Å². The fraction of sp³-hybridized carbons (Fsp3) is 1.00. The number of rotatable bonds is 5. The van der Waals surface area contributed by atoms with Crippen molar-refractivity contribution in [3.8, 4) is 0 Å². The standard InChI is InChI=1S/C19H35F/c1-4-5-14(2)12-17-6-7-18(13-15(17)3)16-8-10-19(20)11-9-16/h14-19H,4-13H2,1-3H3. The fourth-order valence-electron chi connectivity index (χ4n) is 4.96. The van der Waals surface area contributed by atoms with Gasteiger partial charge in [-0.1, -0.05) is 33.6 Å². The van der Waals surface area contributed by atoms with Crippen LogP contribution in [-0.2, 0) is 0 Å². The van der Waals surface area contributed by atoms with Crippen LogP contribution in [0.4, 0.5) is 4.39 Å². The Bertz CT molecular complexity index is 267. The first-order valence-corrected chi connectivity index (χ1v) is 9.24. The summed E-state index contributed by atoms with van der Waals surface area (Å²) in [6.07, 6.45) is 12.0. The normalized spacial score (nSPS) is 40.5. The lowest BCUT2D eigenvalue weighted by Crippen LogP contribution is -2.30. The molecule has 0 saturated heterocycles. The molecule has 118 valence electrons. The van der Waals surface area contributed by atoms with Gasteiger partial charge in [0.2, 0.25) is 0 Å². The molecule has 0 aromatic carbocycles. The van der Waals surface area contributed by atoms with Crippen LogP contribution in [0.2, 0.25) is 0 Å². The van der Waals surface area contributed by atoms with E-state index in [1.807, 2.05) is 0 Å². The van der Waals surface area contributed by atoms with Gasteiger partial charge in [0.05, 0.1) is 0 Å². The molecule has 2 fully saturated rings. The molecule has 4 atom stereocenters. The highest BCUT2D eigenvalue weighted by molar-refractivity contribution is 4.85. The Morgan fingerprint density at radius 3 is 2.25 bits per heavy atom. The minimum Gasteiger partial charge on any atom is -0.247 e. The van der Waals surface area contributed by atoms with Crippen LogP contribution in [0.15, 0.2) is 0 Å². The molecule has 1 heteroatoms. The van der Waals surface area contributed by atoms with Gasteiger partial charge in [0, 0.05) is 0 Å².